The monoisotopic (exact) mass is 387 g/mol. The van der Waals surface area contributed by atoms with Crippen LogP contribution in [-0.4, -0.2) is 44.6 Å². The molecule has 4 aromatic rings. The number of fused-ring (bicyclic) bond motifs is 3. The molecule has 1 aliphatic heterocycles. The summed E-state index contributed by atoms with van der Waals surface area (Å²) in [6.07, 6.45) is 2.14. The number of carbonyl (C=O) groups is 1. The molecule has 0 saturated carbocycles. The molecule has 0 aliphatic carbocycles. The Labute approximate surface area is 167 Å². The van der Waals surface area contributed by atoms with Gasteiger partial charge in [0.25, 0.3) is 5.91 Å². The van der Waals surface area contributed by atoms with Gasteiger partial charge in [-0.15, -0.1) is 0 Å². The number of hydrogen-bond acceptors (Lipinski definition) is 4. The van der Waals surface area contributed by atoms with Gasteiger partial charge >= 0.3 is 0 Å². The Kier molecular flexibility index (Phi) is 4.08. The first-order valence-electron chi connectivity index (χ1n) is 9.57. The molecule has 0 saturated heterocycles. The van der Waals surface area contributed by atoms with E-state index in [1.54, 1.807) is 7.11 Å². The van der Waals surface area contributed by atoms with Crippen LogP contribution in [0.2, 0.25) is 0 Å². The molecular weight excluding hydrogens is 366 g/mol. The van der Waals surface area contributed by atoms with Crippen LogP contribution in [0.3, 0.4) is 0 Å². The van der Waals surface area contributed by atoms with Crippen molar-refractivity contribution in [2.45, 2.75) is 19.4 Å². The minimum absolute atomic E-state index is 0.162. The number of hydrogen-bond donors (Lipinski definition) is 2. The van der Waals surface area contributed by atoms with E-state index in [-0.39, 0.29) is 17.8 Å². The van der Waals surface area contributed by atoms with Crippen molar-refractivity contribution in [1.82, 2.24) is 25.1 Å². The van der Waals surface area contributed by atoms with E-state index in [4.69, 9.17) is 4.74 Å². The molecule has 0 unspecified atom stereocenters. The highest BCUT2D eigenvalue weighted by molar-refractivity contribution is 5.92. The molecule has 5 rings (SSSR count). The molecule has 0 fully saturated rings. The summed E-state index contributed by atoms with van der Waals surface area (Å²) in [4.78, 5) is 22.7. The number of aromatic amines is 2. The molecule has 29 heavy (non-hydrogen) atoms. The number of methoxy groups -OCH3 is 1. The second-order valence-electron chi connectivity index (χ2n) is 7.28. The largest absolute Gasteiger partial charge is 0.496 e. The van der Waals surface area contributed by atoms with Gasteiger partial charge < -0.3 is 14.6 Å². The number of rotatable bonds is 3. The Morgan fingerprint density at radius 3 is 2.86 bits per heavy atom. The van der Waals surface area contributed by atoms with Crippen molar-refractivity contribution in [2.75, 3.05) is 13.7 Å². The molecule has 1 amide bonds. The van der Waals surface area contributed by atoms with Gasteiger partial charge in [0.15, 0.2) is 0 Å². The summed E-state index contributed by atoms with van der Waals surface area (Å²) in [5.41, 5.74) is 5.46. The SMILES string of the molecule is COc1ccc([C@@H]2c3[nH]c4ccccc4c3CCN2C(=O)c2ncn[nH]2)cc1C. The van der Waals surface area contributed by atoms with Gasteiger partial charge in [0.05, 0.1) is 13.2 Å². The lowest BCUT2D eigenvalue weighted by molar-refractivity contribution is 0.0680. The number of para-hydroxylation sites is 1. The minimum atomic E-state index is -0.242. The maximum Gasteiger partial charge on any atom is 0.292 e. The second-order valence-corrected chi connectivity index (χ2v) is 7.28. The van der Waals surface area contributed by atoms with Gasteiger partial charge in [-0.05, 0) is 48.2 Å². The third-order valence-electron chi connectivity index (χ3n) is 5.65. The number of ether oxygens (including phenoxy) is 1. The van der Waals surface area contributed by atoms with Gasteiger partial charge in [0, 0.05) is 23.1 Å². The predicted molar refractivity (Wildman–Crippen MR) is 109 cm³/mol. The molecule has 7 heteroatoms. The van der Waals surface area contributed by atoms with Gasteiger partial charge in [-0.1, -0.05) is 24.3 Å². The van der Waals surface area contributed by atoms with Crippen molar-refractivity contribution in [3.05, 3.63) is 77.0 Å². The van der Waals surface area contributed by atoms with Gasteiger partial charge in [0.2, 0.25) is 5.82 Å². The molecule has 3 heterocycles. The second kappa shape index (κ2) is 6.77. The molecule has 146 valence electrons. The Bertz CT molecular complexity index is 1200. The molecule has 1 atom stereocenters. The van der Waals surface area contributed by atoms with E-state index >= 15 is 0 Å². The van der Waals surface area contributed by atoms with Crippen LogP contribution in [0.5, 0.6) is 5.75 Å². The van der Waals surface area contributed by atoms with Crippen LogP contribution in [0.1, 0.15) is 39.0 Å². The maximum atomic E-state index is 13.2. The molecule has 2 N–H and O–H groups in total. The summed E-state index contributed by atoms with van der Waals surface area (Å²) in [6.45, 7) is 2.62. The highest BCUT2D eigenvalue weighted by atomic mass is 16.5. The van der Waals surface area contributed by atoms with Crippen LogP contribution in [0, 0.1) is 6.92 Å². The van der Waals surface area contributed by atoms with Crippen LogP contribution >= 0.6 is 0 Å². The summed E-state index contributed by atoms with van der Waals surface area (Å²) >= 11 is 0. The molecule has 0 radical (unpaired) electrons. The van der Waals surface area contributed by atoms with Crippen LogP contribution in [0.4, 0.5) is 0 Å². The highest BCUT2D eigenvalue weighted by Crippen LogP contribution is 2.39. The lowest BCUT2D eigenvalue weighted by Gasteiger charge is -2.36. The average Bonchev–Trinajstić information content (AvgIpc) is 3.40. The fraction of sp³-hybridized carbons (Fsp3) is 0.227. The van der Waals surface area contributed by atoms with Crippen molar-refractivity contribution in [3.8, 4) is 5.75 Å². The van der Waals surface area contributed by atoms with Gasteiger partial charge in [-0.3, -0.25) is 9.89 Å². The average molecular weight is 387 g/mol. The zero-order valence-corrected chi connectivity index (χ0v) is 16.3. The van der Waals surface area contributed by atoms with E-state index < -0.39 is 0 Å². The first kappa shape index (κ1) is 17.5. The van der Waals surface area contributed by atoms with Crippen LogP contribution in [-0.2, 0) is 6.42 Å². The Hall–Kier alpha value is -3.61. The van der Waals surface area contributed by atoms with Crippen molar-refractivity contribution >= 4 is 16.8 Å². The van der Waals surface area contributed by atoms with Gasteiger partial charge in [-0.2, -0.15) is 5.10 Å². The summed E-state index contributed by atoms with van der Waals surface area (Å²) in [5.74, 6) is 0.916. The predicted octanol–water partition coefficient (Wildman–Crippen LogP) is 3.39. The number of nitrogens with zero attached hydrogens (tertiary/aromatic N) is 3. The van der Waals surface area contributed by atoms with Gasteiger partial charge in [0.1, 0.15) is 12.1 Å². The van der Waals surface area contributed by atoms with Crippen molar-refractivity contribution < 1.29 is 9.53 Å². The normalized spacial score (nSPS) is 16.1. The smallest absolute Gasteiger partial charge is 0.292 e. The number of aryl methyl sites for hydroxylation is 1. The van der Waals surface area contributed by atoms with Crippen LogP contribution in [0.15, 0.2) is 48.8 Å². The Balaban J connectivity index is 1.68. The van der Waals surface area contributed by atoms with Gasteiger partial charge in [-0.25, -0.2) is 4.98 Å². The zero-order valence-electron chi connectivity index (χ0n) is 16.3. The Morgan fingerprint density at radius 2 is 2.10 bits per heavy atom. The van der Waals surface area contributed by atoms with E-state index in [1.807, 2.05) is 30.0 Å². The summed E-state index contributed by atoms with van der Waals surface area (Å²) in [7, 11) is 1.66. The number of amides is 1. The third kappa shape index (κ3) is 2.77. The van der Waals surface area contributed by atoms with Crippen molar-refractivity contribution in [2.24, 2.45) is 0 Å². The van der Waals surface area contributed by atoms with E-state index in [1.165, 1.54) is 17.3 Å². The standard InChI is InChI=1S/C22H21N5O2/c1-13-11-14(7-8-18(13)29-2)20-19-16(15-5-3-4-6-17(15)25-19)9-10-27(20)22(28)21-23-12-24-26-21/h3-8,11-12,20,25H,9-10H2,1-2H3,(H,23,24,26)/t20-/m1/s1. The topological polar surface area (TPSA) is 86.9 Å². The Morgan fingerprint density at radius 1 is 1.24 bits per heavy atom. The zero-order chi connectivity index (χ0) is 20.0. The van der Waals surface area contributed by atoms with E-state index in [0.29, 0.717) is 6.54 Å². The van der Waals surface area contributed by atoms with E-state index in [2.05, 4.69) is 44.4 Å². The highest BCUT2D eigenvalue weighted by Gasteiger charge is 2.36. The lowest BCUT2D eigenvalue weighted by atomic mass is 9.91. The number of nitrogens with one attached hydrogen (secondary N) is 2. The third-order valence-corrected chi connectivity index (χ3v) is 5.65. The van der Waals surface area contributed by atoms with Crippen molar-refractivity contribution in [3.63, 3.8) is 0 Å². The minimum Gasteiger partial charge on any atom is -0.496 e. The quantitative estimate of drug-likeness (QED) is 0.564. The van der Waals surface area contributed by atoms with Crippen LogP contribution in [0.25, 0.3) is 10.9 Å². The molecule has 0 bridgehead atoms. The number of benzene rings is 2. The van der Waals surface area contributed by atoms with Crippen molar-refractivity contribution in [1.29, 1.82) is 0 Å². The molecule has 0 spiro atoms. The summed E-state index contributed by atoms with van der Waals surface area (Å²) in [6, 6.07) is 14.1. The number of H-pyrrole nitrogens is 2. The molecule has 1 aliphatic rings. The first-order valence-corrected chi connectivity index (χ1v) is 9.57. The molecule has 2 aromatic heterocycles. The first-order chi connectivity index (χ1) is 14.2. The fourth-order valence-corrected chi connectivity index (χ4v) is 4.32. The fourth-order valence-electron chi connectivity index (χ4n) is 4.32. The number of aromatic nitrogens is 4. The lowest BCUT2D eigenvalue weighted by Crippen LogP contribution is -2.41. The molecule has 2 aromatic carbocycles. The number of carbonyl (C=O) groups excluding carboxylic acids is 1. The van der Waals surface area contributed by atoms with Crippen LogP contribution < -0.4 is 4.74 Å². The molecular formula is C22H21N5O2. The van der Waals surface area contributed by atoms with E-state index in [0.717, 1.165) is 34.5 Å². The summed E-state index contributed by atoms with van der Waals surface area (Å²) < 4.78 is 5.43. The molecule has 7 nitrogen and oxygen atoms in total. The van der Waals surface area contributed by atoms with E-state index in [9.17, 15) is 4.79 Å². The maximum absolute atomic E-state index is 13.2. The summed E-state index contributed by atoms with van der Waals surface area (Å²) in [5, 5.41) is 7.76.